The minimum absolute atomic E-state index is 0.231. The summed E-state index contributed by atoms with van der Waals surface area (Å²) in [5.41, 5.74) is 2.94. The molecule has 3 heterocycles. The molecule has 0 spiro atoms. The van der Waals surface area contributed by atoms with Gasteiger partial charge in [0.1, 0.15) is 17.5 Å². The Kier molecular flexibility index (Phi) is 8.10. The molecule has 0 bridgehead atoms. The molecule has 192 valence electrons. The van der Waals surface area contributed by atoms with Crippen molar-refractivity contribution in [3.63, 3.8) is 0 Å². The van der Waals surface area contributed by atoms with Gasteiger partial charge in [0.25, 0.3) is 0 Å². The fourth-order valence-electron chi connectivity index (χ4n) is 4.95. The van der Waals surface area contributed by atoms with E-state index in [1.165, 1.54) is 5.56 Å². The lowest BCUT2D eigenvalue weighted by Gasteiger charge is -2.33. The summed E-state index contributed by atoms with van der Waals surface area (Å²) in [5, 5.41) is 19.0. The molecule has 2 fully saturated rings. The van der Waals surface area contributed by atoms with Gasteiger partial charge >= 0.3 is 6.09 Å². The summed E-state index contributed by atoms with van der Waals surface area (Å²) in [6, 6.07) is 10.7. The maximum atomic E-state index is 12.3. The monoisotopic (exact) mass is 491 g/mol. The molecule has 0 radical (unpaired) electrons. The number of aliphatic hydroxyl groups is 1. The first-order valence-corrected chi connectivity index (χ1v) is 12.9. The van der Waals surface area contributed by atoms with Crippen molar-refractivity contribution in [1.82, 2.24) is 14.9 Å². The van der Waals surface area contributed by atoms with Crippen molar-refractivity contribution >= 4 is 11.9 Å². The molecule has 8 heteroatoms. The maximum absolute atomic E-state index is 12.3. The van der Waals surface area contributed by atoms with Crippen molar-refractivity contribution in [2.75, 3.05) is 37.7 Å². The number of carbonyl (C=O) groups is 1. The zero-order valence-corrected chi connectivity index (χ0v) is 21.6. The van der Waals surface area contributed by atoms with Gasteiger partial charge in [-0.25, -0.2) is 14.8 Å². The number of carbonyl (C=O) groups excluding carboxylic acids is 1. The van der Waals surface area contributed by atoms with Crippen molar-refractivity contribution in [3.05, 3.63) is 53.0 Å². The van der Waals surface area contributed by atoms with Gasteiger partial charge < -0.3 is 19.6 Å². The van der Waals surface area contributed by atoms with Crippen LogP contribution in [-0.4, -0.2) is 64.5 Å². The molecule has 0 unspecified atom stereocenters. The van der Waals surface area contributed by atoms with Crippen LogP contribution >= 0.6 is 0 Å². The fourth-order valence-corrected chi connectivity index (χ4v) is 4.95. The number of hydrogen-bond acceptors (Lipinski definition) is 7. The number of anilines is 1. The molecule has 1 N–H and O–H groups in total. The van der Waals surface area contributed by atoms with Crippen LogP contribution < -0.4 is 4.90 Å². The lowest BCUT2D eigenvalue weighted by Crippen LogP contribution is -2.41. The van der Waals surface area contributed by atoms with E-state index >= 15 is 0 Å². The normalized spacial score (nSPS) is 17.6. The van der Waals surface area contributed by atoms with Gasteiger partial charge in [-0.2, -0.15) is 5.26 Å². The number of amides is 1. The molecule has 2 aromatic rings. The number of piperidine rings is 2. The summed E-state index contributed by atoms with van der Waals surface area (Å²) in [4.78, 5) is 25.5. The number of likely N-dealkylation sites (tertiary alicyclic amines) is 1. The van der Waals surface area contributed by atoms with Crippen molar-refractivity contribution in [3.8, 4) is 6.07 Å². The summed E-state index contributed by atoms with van der Waals surface area (Å²) >= 11 is 0. The topological polar surface area (TPSA) is 103 Å². The lowest BCUT2D eigenvalue weighted by molar-refractivity contribution is 0.0205. The van der Waals surface area contributed by atoms with Gasteiger partial charge in [-0.3, -0.25) is 0 Å². The van der Waals surface area contributed by atoms with Crippen LogP contribution in [0.2, 0.25) is 0 Å². The van der Waals surface area contributed by atoms with E-state index in [1.54, 1.807) is 11.1 Å². The Morgan fingerprint density at radius 3 is 2.36 bits per heavy atom. The molecule has 1 amide bonds. The van der Waals surface area contributed by atoms with Gasteiger partial charge in [0.2, 0.25) is 0 Å². The van der Waals surface area contributed by atoms with Crippen molar-refractivity contribution in [2.24, 2.45) is 5.92 Å². The summed E-state index contributed by atoms with van der Waals surface area (Å²) in [5.74, 6) is 1.57. The van der Waals surface area contributed by atoms with Gasteiger partial charge in [-0.15, -0.1) is 0 Å². The van der Waals surface area contributed by atoms with Crippen LogP contribution in [0, 0.1) is 17.2 Å². The second-order valence-electron chi connectivity index (χ2n) is 10.9. The van der Waals surface area contributed by atoms with E-state index in [9.17, 15) is 15.2 Å². The molecular formula is C28H37N5O3. The predicted octanol–water partition coefficient (Wildman–Crippen LogP) is 4.26. The lowest BCUT2D eigenvalue weighted by atomic mass is 9.89. The molecular weight excluding hydrogens is 454 g/mol. The van der Waals surface area contributed by atoms with Gasteiger partial charge in [0.05, 0.1) is 11.9 Å². The minimum atomic E-state index is -0.476. The van der Waals surface area contributed by atoms with E-state index in [2.05, 4.69) is 40.2 Å². The summed E-state index contributed by atoms with van der Waals surface area (Å²) in [6.07, 6.45) is 5.71. The maximum Gasteiger partial charge on any atom is 0.410 e. The number of nitriles is 1. The molecule has 1 aromatic carbocycles. The highest BCUT2D eigenvalue weighted by atomic mass is 16.6. The third-order valence-corrected chi connectivity index (χ3v) is 7.10. The minimum Gasteiger partial charge on any atom is -0.444 e. The van der Waals surface area contributed by atoms with E-state index in [0.717, 1.165) is 50.2 Å². The number of ether oxygens (including phenoxy) is 1. The number of aromatic nitrogens is 2. The zero-order chi connectivity index (χ0) is 25.7. The number of benzene rings is 1. The smallest absolute Gasteiger partial charge is 0.410 e. The Labute approximate surface area is 213 Å². The van der Waals surface area contributed by atoms with Gasteiger partial charge in [0, 0.05) is 39.2 Å². The molecule has 0 saturated carbocycles. The van der Waals surface area contributed by atoms with E-state index in [1.807, 2.05) is 20.8 Å². The third-order valence-electron chi connectivity index (χ3n) is 7.10. The highest BCUT2D eigenvalue weighted by molar-refractivity contribution is 5.68. The van der Waals surface area contributed by atoms with Crippen molar-refractivity contribution in [2.45, 2.75) is 64.4 Å². The van der Waals surface area contributed by atoms with Gasteiger partial charge in [-0.05, 0) is 69.4 Å². The molecule has 0 atom stereocenters. The van der Waals surface area contributed by atoms with Crippen LogP contribution in [0.3, 0.4) is 0 Å². The summed E-state index contributed by atoms with van der Waals surface area (Å²) in [7, 11) is 0. The number of hydrogen-bond donors (Lipinski definition) is 1. The number of nitrogens with zero attached hydrogens (tertiary/aromatic N) is 5. The van der Waals surface area contributed by atoms with Crippen LogP contribution in [0.15, 0.2) is 30.5 Å². The molecule has 36 heavy (non-hydrogen) atoms. The standard InChI is InChI=1S/C28H37N5O3/c1-28(2,3)36-27(35)33-14-10-23(11-15-33)22-6-4-20(5-7-22)16-24-25(17-29)30-18-26(31-24)32-12-8-21(19-34)9-13-32/h4-7,18,21,23,34H,8-16,19H2,1-3H3. The second kappa shape index (κ2) is 11.3. The Morgan fingerprint density at radius 1 is 1.11 bits per heavy atom. The van der Waals surface area contributed by atoms with Crippen LogP contribution in [0.5, 0.6) is 0 Å². The molecule has 0 aliphatic carbocycles. The van der Waals surface area contributed by atoms with Crippen molar-refractivity contribution in [1.29, 1.82) is 5.26 Å². The quantitative estimate of drug-likeness (QED) is 0.666. The zero-order valence-electron chi connectivity index (χ0n) is 21.6. The van der Waals surface area contributed by atoms with Crippen LogP contribution in [0.1, 0.15) is 74.9 Å². The van der Waals surface area contributed by atoms with E-state index < -0.39 is 5.60 Å². The van der Waals surface area contributed by atoms with Gasteiger partial charge in [0.15, 0.2) is 5.69 Å². The first-order valence-electron chi connectivity index (χ1n) is 12.9. The molecule has 1 aromatic heterocycles. The first-order chi connectivity index (χ1) is 17.3. The number of rotatable bonds is 5. The molecule has 2 aliphatic heterocycles. The fraction of sp³-hybridized carbons (Fsp3) is 0.571. The summed E-state index contributed by atoms with van der Waals surface area (Å²) < 4.78 is 5.51. The largest absolute Gasteiger partial charge is 0.444 e. The van der Waals surface area contributed by atoms with E-state index in [-0.39, 0.29) is 12.7 Å². The van der Waals surface area contributed by atoms with Gasteiger partial charge in [-0.1, -0.05) is 24.3 Å². The van der Waals surface area contributed by atoms with E-state index in [0.29, 0.717) is 42.7 Å². The Bertz CT molecular complexity index is 1070. The third kappa shape index (κ3) is 6.52. The van der Waals surface area contributed by atoms with Crippen LogP contribution in [-0.2, 0) is 11.2 Å². The highest BCUT2D eigenvalue weighted by Crippen LogP contribution is 2.29. The first kappa shape index (κ1) is 25.9. The molecule has 4 rings (SSSR count). The van der Waals surface area contributed by atoms with Crippen LogP contribution in [0.4, 0.5) is 10.6 Å². The summed E-state index contributed by atoms with van der Waals surface area (Å²) in [6.45, 7) is 8.98. The SMILES string of the molecule is CC(C)(C)OC(=O)N1CCC(c2ccc(Cc3nc(N4CCC(CO)CC4)cnc3C#N)cc2)CC1. The second-order valence-corrected chi connectivity index (χ2v) is 10.9. The Hall–Kier alpha value is -3.18. The molecule has 2 aliphatic rings. The predicted molar refractivity (Wildman–Crippen MR) is 138 cm³/mol. The molecule has 2 saturated heterocycles. The highest BCUT2D eigenvalue weighted by Gasteiger charge is 2.27. The Balaban J connectivity index is 1.37. The van der Waals surface area contributed by atoms with Crippen LogP contribution in [0.25, 0.3) is 0 Å². The molecule has 8 nitrogen and oxygen atoms in total. The number of aliphatic hydroxyl groups excluding tert-OH is 1. The average Bonchev–Trinajstić information content (AvgIpc) is 2.88. The van der Waals surface area contributed by atoms with E-state index in [4.69, 9.17) is 9.72 Å². The average molecular weight is 492 g/mol. The van der Waals surface area contributed by atoms with Crippen molar-refractivity contribution < 1.29 is 14.6 Å². The Morgan fingerprint density at radius 2 is 1.78 bits per heavy atom.